The molecule has 0 saturated heterocycles. The Bertz CT molecular complexity index is 537. The van der Waals surface area contributed by atoms with Crippen LogP contribution >= 0.6 is 0 Å². The van der Waals surface area contributed by atoms with Crippen molar-refractivity contribution in [3.63, 3.8) is 0 Å². The lowest BCUT2D eigenvalue weighted by Crippen LogP contribution is -2.08. The van der Waals surface area contributed by atoms with Gasteiger partial charge in [0.15, 0.2) is 0 Å². The van der Waals surface area contributed by atoms with Gasteiger partial charge in [-0.25, -0.2) is 9.97 Å². The SMILES string of the molecule is CCCNc1cc(Cc2ccccn2)nc(C(C)C)n1. The number of rotatable bonds is 6. The minimum absolute atomic E-state index is 0.320. The first-order valence-electron chi connectivity index (χ1n) is 7.20. The zero-order chi connectivity index (χ0) is 14.4. The van der Waals surface area contributed by atoms with Crippen molar-refractivity contribution < 1.29 is 0 Å². The predicted molar refractivity (Wildman–Crippen MR) is 81.9 cm³/mol. The Balaban J connectivity index is 2.24. The van der Waals surface area contributed by atoms with Crippen LogP contribution in [0, 0.1) is 0 Å². The summed E-state index contributed by atoms with van der Waals surface area (Å²) in [5.41, 5.74) is 2.04. The third kappa shape index (κ3) is 4.02. The Morgan fingerprint density at radius 1 is 1.15 bits per heavy atom. The van der Waals surface area contributed by atoms with Crippen LogP contribution in [0.2, 0.25) is 0 Å². The molecule has 0 aromatic carbocycles. The van der Waals surface area contributed by atoms with Crippen molar-refractivity contribution in [2.45, 2.75) is 39.5 Å². The van der Waals surface area contributed by atoms with E-state index in [1.807, 2.05) is 30.5 Å². The minimum Gasteiger partial charge on any atom is -0.370 e. The molecule has 0 saturated carbocycles. The van der Waals surface area contributed by atoms with E-state index in [0.717, 1.165) is 42.4 Å². The average molecular weight is 270 g/mol. The normalized spacial score (nSPS) is 10.8. The second-order valence-electron chi connectivity index (χ2n) is 5.18. The average Bonchev–Trinajstić information content (AvgIpc) is 2.46. The van der Waals surface area contributed by atoms with Gasteiger partial charge in [-0.3, -0.25) is 4.98 Å². The van der Waals surface area contributed by atoms with Gasteiger partial charge in [-0.2, -0.15) is 0 Å². The first-order valence-corrected chi connectivity index (χ1v) is 7.20. The molecule has 0 amide bonds. The maximum absolute atomic E-state index is 4.65. The van der Waals surface area contributed by atoms with Gasteiger partial charge in [-0.1, -0.05) is 26.8 Å². The monoisotopic (exact) mass is 270 g/mol. The van der Waals surface area contributed by atoms with Crippen molar-refractivity contribution in [1.29, 1.82) is 0 Å². The van der Waals surface area contributed by atoms with Crippen molar-refractivity contribution in [3.05, 3.63) is 47.7 Å². The van der Waals surface area contributed by atoms with Crippen LogP contribution in [-0.2, 0) is 6.42 Å². The molecule has 2 heterocycles. The summed E-state index contributed by atoms with van der Waals surface area (Å²) >= 11 is 0. The smallest absolute Gasteiger partial charge is 0.133 e. The number of anilines is 1. The summed E-state index contributed by atoms with van der Waals surface area (Å²) < 4.78 is 0. The molecule has 0 aliphatic heterocycles. The zero-order valence-corrected chi connectivity index (χ0v) is 12.4. The van der Waals surface area contributed by atoms with Crippen LogP contribution in [0.1, 0.15) is 50.3 Å². The molecule has 106 valence electrons. The lowest BCUT2D eigenvalue weighted by molar-refractivity contribution is 0.759. The summed E-state index contributed by atoms with van der Waals surface area (Å²) in [7, 11) is 0. The topological polar surface area (TPSA) is 50.7 Å². The molecule has 1 N–H and O–H groups in total. The van der Waals surface area contributed by atoms with Gasteiger partial charge in [-0.05, 0) is 18.6 Å². The zero-order valence-electron chi connectivity index (χ0n) is 12.4. The molecular weight excluding hydrogens is 248 g/mol. The van der Waals surface area contributed by atoms with E-state index in [4.69, 9.17) is 0 Å². The van der Waals surface area contributed by atoms with Gasteiger partial charge < -0.3 is 5.32 Å². The molecule has 0 atom stereocenters. The van der Waals surface area contributed by atoms with Crippen molar-refractivity contribution in [2.24, 2.45) is 0 Å². The molecule has 4 heteroatoms. The van der Waals surface area contributed by atoms with E-state index in [1.165, 1.54) is 0 Å². The van der Waals surface area contributed by atoms with Gasteiger partial charge in [0.05, 0.1) is 5.69 Å². The van der Waals surface area contributed by atoms with Crippen LogP contribution in [-0.4, -0.2) is 21.5 Å². The molecule has 0 bridgehead atoms. The highest BCUT2D eigenvalue weighted by molar-refractivity contribution is 5.37. The van der Waals surface area contributed by atoms with Crippen LogP contribution in [0.3, 0.4) is 0 Å². The van der Waals surface area contributed by atoms with Gasteiger partial charge in [0.25, 0.3) is 0 Å². The van der Waals surface area contributed by atoms with Gasteiger partial charge in [0, 0.05) is 36.8 Å². The van der Waals surface area contributed by atoms with Gasteiger partial charge >= 0.3 is 0 Å². The maximum Gasteiger partial charge on any atom is 0.133 e. The van der Waals surface area contributed by atoms with E-state index in [2.05, 4.69) is 41.0 Å². The van der Waals surface area contributed by atoms with E-state index in [0.29, 0.717) is 5.92 Å². The first-order chi connectivity index (χ1) is 9.69. The number of hydrogen-bond donors (Lipinski definition) is 1. The highest BCUT2D eigenvalue weighted by Crippen LogP contribution is 2.16. The van der Waals surface area contributed by atoms with E-state index < -0.39 is 0 Å². The summed E-state index contributed by atoms with van der Waals surface area (Å²) in [4.78, 5) is 13.6. The van der Waals surface area contributed by atoms with E-state index >= 15 is 0 Å². The molecule has 2 aromatic rings. The Hall–Kier alpha value is -1.97. The number of pyridine rings is 1. The summed E-state index contributed by atoms with van der Waals surface area (Å²) in [6, 6.07) is 7.98. The van der Waals surface area contributed by atoms with Crippen LogP contribution in [0.25, 0.3) is 0 Å². The summed E-state index contributed by atoms with van der Waals surface area (Å²) in [5.74, 6) is 2.12. The lowest BCUT2D eigenvalue weighted by Gasteiger charge is -2.11. The fourth-order valence-electron chi connectivity index (χ4n) is 1.90. The van der Waals surface area contributed by atoms with Crippen LogP contribution in [0.15, 0.2) is 30.5 Å². The standard InChI is InChI=1S/C16H22N4/c1-4-8-18-15-11-14(19-16(20-15)12(2)3)10-13-7-5-6-9-17-13/h5-7,9,11-12H,4,8,10H2,1-3H3,(H,18,19,20). The summed E-state index contributed by atoms with van der Waals surface area (Å²) in [5, 5.41) is 3.34. The van der Waals surface area contributed by atoms with Gasteiger partial charge in [0.2, 0.25) is 0 Å². The Kier molecular flexibility index (Phi) is 5.04. The van der Waals surface area contributed by atoms with Crippen molar-refractivity contribution in [2.75, 3.05) is 11.9 Å². The van der Waals surface area contributed by atoms with Crippen molar-refractivity contribution in [3.8, 4) is 0 Å². The second kappa shape index (κ2) is 6.98. The number of nitrogens with one attached hydrogen (secondary N) is 1. The van der Waals surface area contributed by atoms with Crippen molar-refractivity contribution in [1.82, 2.24) is 15.0 Å². The molecular formula is C16H22N4. The Labute approximate surface area is 120 Å². The largest absolute Gasteiger partial charge is 0.370 e. The summed E-state index contributed by atoms with van der Waals surface area (Å²) in [6.45, 7) is 7.30. The predicted octanol–water partition coefficient (Wildman–Crippen LogP) is 3.41. The maximum atomic E-state index is 4.65. The molecule has 2 rings (SSSR count). The Morgan fingerprint density at radius 3 is 2.65 bits per heavy atom. The van der Waals surface area contributed by atoms with Gasteiger partial charge in [0.1, 0.15) is 11.6 Å². The van der Waals surface area contributed by atoms with E-state index in [1.54, 1.807) is 0 Å². The molecule has 0 spiro atoms. The molecule has 4 nitrogen and oxygen atoms in total. The number of hydrogen-bond acceptors (Lipinski definition) is 4. The third-order valence-electron chi connectivity index (χ3n) is 2.96. The van der Waals surface area contributed by atoms with Crippen LogP contribution < -0.4 is 5.32 Å². The molecule has 0 aliphatic carbocycles. The van der Waals surface area contributed by atoms with Gasteiger partial charge in [-0.15, -0.1) is 0 Å². The minimum atomic E-state index is 0.320. The quantitative estimate of drug-likeness (QED) is 0.874. The second-order valence-corrected chi connectivity index (χ2v) is 5.18. The first kappa shape index (κ1) is 14.4. The molecule has 0 fully saturated rings. The molecule has 0 unspecified atom stereocenters. The van der Waals surface area contributed by atoms with E-state index in [-0.39, 0.29) is 0 Å². The molecule has 2 aromatic heterocycles. The Morgan fingerprint density at radius 2 is 2.00 bits per heavy atom. The highest BCUT2D eigenvalue weighted by Gasteiger charge is 2.08. The summed E-state index contributed by atoms with van der Waals surface area (Å²) in [6.07, 6.45) is 3.64. The van der Waals surface area contributed by atoms with Crippen LogP contribution in [0.4, 0.5) is 5.82 Å². The third-order valence-corrected chi connectivity index (χ3v) is 2.96. The van der Waals surface area contributed by atoms with Crippen LogP contribution in [0.5, 0.6) is 0 Å². The number of aromatic nitrogens is 3. The van der Waals surface area contributed by atoms with E-state index in [9.17, 15) is 0 Å². The lowest BCUT2D eigenvalue weighted by atomic mass is 10.1. The highest BCUT2D eigenvalue weighted by atomic mass is 15.0. The molecule has 0 radical (unpaired) electrons. The fraction of sp³-hybridized carbons (Fsp3) is 0.438. The fourth-order valence-corrected chi connectivity index (χ4v) is 1.90. The molecule has 0 aliphatic rings. The molecule has 20 heavy (non-hydrogen) atoms. The van der Waals surface area contributed by atoms with Crippen molar-refractivity contribution >= 4 is 5.82 Å². The number of nitrogens with zero attached hydrogens (tertiary/aromatic N) is 3.